The molecule has 3 heteroatoms. The molecule has 2 rings (SSSR count). The van der Waals surface area contributed by atoms with Crippen molar-refractivity contribution < 1.29 is 4.74 Å². The van der Waals surface area contributed by atoms with Gasteiger partial charge in [-0.1, -0.05) is 19.3 Å². The summed E-state index contributed by atoms with van der Waals surface area (Å²) in [6.07, 6.45) is 9.00. The molecule has 2 atom stereocenters. The Morgan fingerprint density at radius 3 is 2.41 bits per heavy atom. The molecule has 0 spiro atoms. The van der Waals surface area contributed by atoms with Crippen LogP contribution in [0.25, 0.3) is 0 Å². The fraction of sp³-hybridized carbons (Fsp3) is 1.00. The maximum atomic E-state index is 6.64. The Bertz CT molecular complexity index is 230. The highest BCUT2D eigenvalue weighted by Gasteiger charge is 2.43. The predicted molar refractivity (Wildman–Crippen MR) is 71.0 cm³/mol. The Morgan fingerprint density at radius 2 is 1.88 bits per heavy atom. The van der Waals surface area contributed by atoms with Gasteiger partial charge in [0.15, 0.2) is 0 Å². The Balaban J connectivity index is 2.08. The van der Waals surface area contributed by atoms with Crippen LogP contribution in [0.2, 0.25) is 0 Å². The first-order valence-electron chi connectivity index (χ1n) is 7.17. The van der Waals surface area contributed by atoms with Gasteiger partial charge in [-0.05, 0) is 45.7 Å². The fourth-order valence-corrected chi connectivity index (χ4v) is 3.73. The summed E-state index contributed by atoms with van der Waals surface area (Å²) in [6, 6.07) is 0.276. The first-order valence-corrected chi connectivity index (χ1v) is 7.17. The van der Waals surface area contributed by atoms with Crippen molar-refractivity contribution in [2.24, 2.45) is 11.7 Å². The van der Waals surface area contributed by atoms with Crippen molar-refractivity contribution in [1.29, 1.82) is 0 Å². The van der Waals surface area contributed by atoms with Gasteiger partial charge in [-0.15, -0.1) is 0 Å². The van der Waals surface area contributed by atoms with Gasteiger partial charge in [-0.3, -0.25) is 0 Å². The van der Waals surface area contributed by atoms with Crippen LogP contribution >= 0.6 is 0 Å². The Kier molecular flexibility index (Phi) is 4.45. The summed E-state index contributed by atoms with van der Waals surface area (Å²) in [5.74, 6) is 0.559. The summed E-state index contributed by atoms with van der Waals surface area (Å²) >= 11 is 0. The van der Waals surface area contributed by atoms with Crippen LogP contribution in [0.3, 0.4) is 0 Å². The Labute approximate surface area is 106 Å². The molecule has 3 nitrogen and oxygen atoms in total. The summed E-state index contributed by atoms with van der Waals surface area (Å²) in [7, 11) is 4.41. The zero-order valence-corrected chi connectivity index (χ0v) is 11.5. The van der Waals surface area contributed by atoms with Gasteiger partial charge in [0.05, 0.1) is 6.61 Å². The molecule has 0 aromatic heterocycles. The van der Waals surface area contributed by atoms with Crippen molar-refractivity contribution in [2.45, 2.75) is 56.5 Å². The highest BCUT2D eigenvalue weighted by molar-refractivity contribution is 5.02. The van der Waals surface area contributed by atoms with Crippen LogP contribution in [0.4, 0.5) is 0 Å². The molecule has 0 aromatic rings. The van der Waals surface area contributed by atoms with E-state index in [1.54, 1.807) is 0 Å². The fourth-order valence-electron chi connectivity index (χ4n) is 3.73. The number of ether oxygens (including phenoxy) is 1. The lowest BCUT2D eigenvalue weighted by Gasteiger charge is -2.50. The Morgan fingerprint density at radius 1 is 1.18 bits per heavy atom. The van der Waals surface area contributed by atoms with Crippen LogP contribution in [0, 0.1) is 5.92 Å². The highest BCUT2D eigenvalue weighted by atomic mass is 16.5. The molecule has 0 aromatic carbocycles. The first-order chi connectivity index (χ1) is 8.17. The minimum absolute atomic E-state index is 0.226. The van der Waals surface area contributed by atoms with E-state index in [1.165, 1.54) is 44.9 Å². The molecule has 2 aliphatic rings. The molecule has 1 aliphatic carbocycles. The number of hydrogen-bond acceptors (Lipinski definition) is 3. The van der Waals surface area contributed by atoms with Crippen molar-refractivity contribution in [3.63, 3.8) is 0 Å². The van der Waals surface area contributed by atoms with Crippen molar-refractivity contribution in [3.05, 3.63) is 0 Å². The SMILES string of the molecule is CN(C)C1(C(N)C2CCCOC2)CCCCC1. The van der Waals surface area contributed by atoms with Crippen LogP contribution in [-0.4, -0.2) is 43.8 Å². The minimum Gasteiger partial charge on any atom is -0.381 e. The predicted octanol–water partition coefficient (Wildman–Crippen LogP) is 2.00. The first kappa shape index (κ1) is 13.3. The van der Waals surface area contributed by atoms with Crippen molar-refractivity contribution in [1.82, 2.24) is 4.90 Å². The second-order valence-electron chi connectivity index (χ2n) is 6.06. The smallest absolute Gasteiger partial charge is 0.0509 e. The quantitative estimate of drug-likeness (QED) is 0.820. The van der Waals surface area contributed by atoms with Crippen LogP contribution < -0.4 is 5.73 Å². The van der Waals surface area contributed by atoms with E-state index in [9.17, 15) is 0 Å². The van der Waals surface area contributed by atoms with E-state index in [0.717, 1.165) is 13.2 Å². The van der Waals surface area contributed by atoms with E-state index in [2.05, 4.69) is 19.0 Å². The standard InChI is InChI=1S/C14H28N2O/c1-16(2)14(8-4-3-5-9-14)13(15)12-7-6-10-17-11-12/h12-13H,3-11,15H2,1-2H3. The number of hydrogen-bond donors (Lipinski definition) is 1. The zero-order chi connectivity index (χ0) is 12.3. The van der Waals surface area contributed by atoms with Gasteiger partial charge in [0.25, 0.3) is 0 Å². The maximum Gasteiger partial charge on any atom is 0.0509 e. The second-order valence-corrected chi connectivity index (χ2v) is 6.06. The van der Waals surface area contributed by atoms with Gasteiger partial charge in [0.1, 0.15) is 0 Å². The van der Waals surface area contributed by atoms with Crippen LogP contribution in [0.15, 0.2) is 0 Å². The molecule has 0 amide bonds. The van der Waals surface area contributed by atoms with Crippen LogP contribution in [0.5, 0.6) is 0 Å². The maximum absolute atomic E-state index is 6.64. The number of likely N-dealkylation sites (N-methyl/N-ethyl adjacent to an activating group) is 1. The lowest BCUT2D eigenvalue weighted by Crippen LogP contribution is -2.62. The molecule has 2 unspecified atom stereocenters. The van der Waals surface area contributed by atoms with Gasteiger partial charge < -0.3 is 15.4 Å². The normalized spacial score (nSPS) is 31.4. The van der Waals surface area contributed by atoms with E-state index < -0.39 is 0 Å². The van der Waals surface area contributed by atoms with Crippen LogP contribution in [-0.2, 0) is 4.74 Å². The van der Waals surface area contributed by atoms with E-state index in [0.29, 0.717) is 5.92 Å². The summed E-state index contributed by atoms with van der Waals surface area (Å²) in [6.45, 7) is 1.80. The molecular weight excluding hydrogens is 212 g/mol. The number of nitrogens with two attached hydrogens (primary N) is 1. The van der Waals surface area contributed by atoms with Gasteiger partial charge in [0, 0.05) is 18.2 Å². The lowest BCUT2D eigenvalue weighted by atomic mass is 9.70. The summed E-state index contributed by atoms with van der Waals surface area (Å²) in [5.41, 5.74) is 6.86. The van der Waals surface area contributed by atoms with E-state index >= 15 is 0 Å². The molecule has 17 heavy (non-hydrogen) atoms. The summed E-state index contributed by atoms with van der Waals surface area (Å²) < 4.78 is 5.62. The van der Waals surface area contributed by atoms with Gasteiger partial charge in [0.2, 0.25) is 0 Å². The van der Waals surface area contributed by atoms with Crippen LogP contribution in [0.1, 0.15) is 44.9 Å². The van der Waals surface area contributed by atoms with Gasteiger partial charge in [-0.25, -0.2) is 0 Å². The summed E-state index contributed by atoms with van der Waals surface area (Å²) in [4.78, 5) is 2.39. The van der Waals surface area contributed by atoms with Gasteiger partial charge >= 0.3 is 0 Å². The van der Waals surface area contributed by atoms with Crippen molar-refractivity contribution >= 4 is 0 Å². The molecule has 2 fully saturated rings. The third-order valence-corrected chi connectivity index (χ3v) is 4.93. The zero-order valence-electron chi connectivity index (χ0n) is 11.5. The topological polar surface area (TPSA) is 38.5 Å². The lowest BCUT2D eigenvalue weighted by molar-refractivity contribution is -0.00898. The molecule has 1 saturated heterocycles. The molecule has 1 aliphatic heterocycles. The van der Waals surface area contributed by atoms with Crippen molar-refractivity contribution in [3.8, 4) is 0 Å². The summed E-state index contributed by atoms with van der Waals surface area (Å²) in [5, 5.41) is 0. The molecule has 0 bridgehead atoms. The largest absolute Gasteiger partial charge is 0.381 e. The van der Waals surface area contributed by atoms with Crippen molar-refractivity contribution in [2.75, 3.05) is 27.3 Å². The molecular formula is C14H28N2O. The molecule has 2 N–H and O–H groups in total. The Hall–Kier alpha value is -0.120. The van der Waals surface area contributed by atoms with E-state index in [4.69, 9.17) is 10.5 Å². The average molecular weight is 240 g/mol. The third-order valence-electron chi connectivity index (χ3n) is 4.93. The van der Waals surface area contributed by atoms with E-state index in [-0.39, 0.29) is 11.6 Å². The average Bonchev–Trinajstić information content (AvgIpc) is 2.39. The second kappa shape index (κ2) is 5.68. The molecule has 1 saturated carbocycles. The molecule has 0 radical (unpaired) electrons. The highest BCUT2D eigenvalue weighted by Crippen LogP contribution is 2.38. The number of rotatable bonds is 3. The third kappa shape index (κ3) is 2.67. The van der Waals surface area contributed by atoms with E-state index in [1.807, 2.05) is 0 Å². The number of nitrogens with zero attached hydrogens (tertiary/aromatic N) is 1. The van der Waals surface area contributed by atoms with Gasteiger partial charge in [-0.2, -0.15) is 0 Å². The molecule has 100 valence electrons. The monoisotopic (exact) mass is 240 g/mol. The minimum atomic E-state index is 0.226. The molecule has 1 heterocycles.